The van der Waals surface area contributed by atoms with Crippen LogP contribution in [0.3, 0.4) is 0 Å². The molecule has 0 saturated heterocycles. The Balaban J connectivity index is 2.38. The van der Waals surface area contributed by atoms with Gasteiger partial charge in [0.25, 0.3) is 0 Å². The lowest BCUT2D eigenvalue weighted by atomic mass is 9.66. The number of aliphatic hydroxyl groups excluding tert-OH is 2. The largest absolute Gasteiger partial charge is 0.392 e. The summed E-state index contributed by atoms with van der Waals surface area (Å²) in [7, 11) is 0. The van der Waals surface area contributed by atoms with Crippen LogP contribution >= 0.6 is 0 Å². The van der Waals surface area contributed by atoms with E-state index in [0.717, 1.165) is 36.8 Å². The molecule has 2 atom stereocenters. The van der Waals surface area contributed by atoms with Crippen LogP contribution in [0.25, 0.3) is 0 Å². The highest BCUT2D eigenvalue weighted by atomic mass is 16.3. The van der Waals surface area contributed by atoms with Crippen molar-refractivity contribution in [2.75, 3.05) is 13.2 Å². The monoisotopic (exact) mass is 382 g/mol. The van der Waals surface area contributed by atoms with Gasteiger partial charge >= 0.3 is 0 Å². The normalized spacial score (nSPS) is 19.6. The van der Waals surface area contributed by atoms with E-state index in [4.69, 9.17) is 0 Å². The van der Waals surface area contributed by atoms with Gasteiger partial charge in [-0.2, -0.15) is 0 Å². The van der Waals surface area contributed by atoms with E-state index in [0.29, 0.717) is 11.8 Å². The average molecular weight is 383 g/mol. The van der Waals surface area contributed by atoms with Gasteiger partial charge in [0.05, 0.1) is 13.2 Å². The lowest BCUT2D eigenvalue weighted by Crippen LogP contribution is -2.28. The zero-order valence-electron chi connectivity index (χ0n) is 18.6. The zero-order valence-corrected chi connectivity index (χ0v) is 18.6. The molecule has 0 aromatic rings. The quantitative estimate of drug-likeness (QED) is 0.538. The van der Waals surface area contributed by atoms with Crippen molar-refractivity contribution in [2.24, 2.45) is 22.7 Å². The first-order chi connectivity index (χ1) is 13.0. The summed E-state index contributed by atoms with van der Waals surface area (Å²) in [6, 6.07) is 0. The third-order valence-corrected chi connectivity index (χ3v) is 5.78. The molecule has 2 unspecified atom stereocenters. The minimum atomic E-state index is 0.0117. The summed E-state index contributed by atoms with van der Waals surface area (Å²) >= 11 is 0. The van der Waals surface area contributed by atoms with Crippen LogP contribution in [0.2, 0.25) is 0 Å². The first-order valence-corrected chi connectivity index (χ1v) is 10.6. The van der Waals surface area contributed by atoms with Crippen LogP contribution in [0.1, 0.15) is 67.2 Å². The average Bonchev–Trinajstić information content (AvgIpc) is 2.63. The predicted molar refractivity (Wildman–Crippen MR) is 118 cm³/mol. The van der Waals surface area contributed by atoms with Crippen molar-refractivity contribution in [3.05, 3.63) is 58.1 Å². The van der Waals surface area contributed by atoms with Gasteiger partial charge in [0.1, 0.15) is 0 Å². The van der Waals surface area contributed by atoms with Crippen LogP contribution in [0.15, 0.2) is 58.1 Å². The maximum absolute atomic E-state index is 9.42. The first-order valence-electron chi connectivity index (χ1n) is 10.6. The first kappa shape index (κ1) is 22.7. The molecule has 28 heavy (non-hydrogen) atoms. The minimum Gasteiger partial charge on any atom is -0.392 e. The van der Waals surface area contributed by atoms with Crippen molar-refractivity contribution in [3.8, 4) is 0 Å². The summed E-state index contributed by atoms with van der Waals surface area (Å²) in [5.41, 5.74) is 11.5. The minimum absolute atomic E-state index is 0.0117. The second-order valence-corrected chi connectivity index (χ2v) is 10.6. The third-order valence-electron chi connectivity index (χ3n) is 5.78. The molecule has 2 aliphatic rings. The number of hydrogen-bond donors (Lipinski definition) is 2. The van der Waals surface area contributed by atoms with E-state index in [-0.39, 0.29) is 24.0 Å². The fourth-order valence-corrected chi connectivity index (χ4v) is 4.28. The zero-order chi connectivity index (χ0) is 20.9. The third kappa shape index (κ3) is 6.50. The highest BCUT2D eigenvalue weighted by molar-refractivity contribution is 5.34. The molecule has 2 N–H and O–H groups in total. The Morgan fingerprint density at radius 2 is 1.64 bits per heavy atom. The van der Waals surface area contributed by atoms with E-state index >= 15 is 0 Å². The van der Waals surface area contributed by atoms with Crippen LogP contribution in [0, 0.1) is 22.7 Å². The number of aliphatic hydroxyl groups is 2. The molecule has 0 aromatic carbocycles. The summed E-state index contributed by atoms with van der Waals surface area (Å²) in [4.78, 5) is 0. The summed E-state index contributed by atoms with van der Waals surface area (Å²) < 4.78 is 0. The van der Waals surface area contributed by atoms with Crippen LogP contribution in [-0.4, -0.2) is 23.4 Å². The molecule has 0 spiro atoms. The van der Waals surface area contributed by atoms with E-state index in [2.05, 4.69) is 71.2 Å². The Labute approximate surface area is 171 Å². The lowest BCUT2D eigenvalue weighted by molar-refractivity contribution is 0.208. The van der Waals surface area contributed by atoms with E-state index in [1.165, 1.54) is 11.1 Å². The lowest BCUT2D eigenvalue weighted by Gasteiger charge is -2.38. The predicted octanol–water partition coefficient (Wildman–Crippen LogP) is 5.90. The van der Waals surface area contributed by atoms with Gasteiger partial charge in [0.15, 0.2) is 0 Å². The molecule has 0 fully saturated rings. The maximum atomic E-state index is 9.42. The number of rotatable bonds is 7. The molecule has 0 saturated carbocycles. The van der Waals surface area contributed by atoms with Crippen LogP contribution in [0.4, 0.5) is 0 Å². The highest BCUT2D eigenvalue weighted by Crippen LogP contribution is 2.44. The van der Waals surface area contributed by atoms with Crippen molar-refractivity contribution in [1.29, 1.82) is 0 Å². The van der Waals surface area contributed by atoms with Gasteiger partial charge < -0.3 is 10.2 Å². The van der Waals surface area contributed by atoms with E-state index < -0.39 is 0 Å². The summed E-state index contributed by atoms with van der Waals surface area (Å²) in [5.74, 6) is 0.875. The van der Waals surface area contributed by atoms with Crippen molar-refractivity contribution in [1.82, 2.24) is 0 Å². The van der Waals surface area contributed by atoms with Gasteiger partial charge in [-0.3, -0.25) is 0 Å². The second kappa shape index (κ2) is 9.29. The van der Waals surface area contributed by atoms with Crippen molar-refractivity contribution >= 4 is 0 Å². The van der Waals surface area contributed by atoms with Crippen molar-refractivity contribution in [2.45, 2.75) is 67.2 Å². The molecule has 0 radical (unpaired) electrons. The Bertz CT molecular complexity index is 749. The van der Waals surface area contributed by atoms with Crippen molar-refractivity contribution < 1.29 is 10.2 Å². The van der Waals surface area contributed by atoms with Gasteiger partial charge in [-0.15, -0.1) is 0 Å². The van der Waals surface area contributed by atoms with E-state index in [9.17, 15) is 10.2 Å². The summed E-state index contributed by atoms with van der Waals surface area (Å²) in [5, 5.41) is 18.8. The van der Waals surface area contributed by atoms with Gasteiger partial charge in [-0.1, -0.05) is 70.7 Å². The topological polar surface area (TPSA) is 40.5 Å². The highest BCUT2D eigenvalue weighted by Gasteiger charge is 2.33. The molecule has 0 bridgehead atoms. The maximum Gasteiger partial charge on any atom is 0.0760 e. The molecule has 2 heteroatoms. The van der Waals surface area contributed by atoms with Gasteiger partial charge in [-0.05, 0) is 66.1 Å². The Morgan fingerprint density at radius 3 is 2.07 bits per heavy atom. The fraction of sp³-hybridized carbons (Fsp3) is 0.615. The van der Waals surface area contributed by atoms with E-state index in [1.54, 1.807) is 0 Å². The molecule has 0 heterocycles. The second-order valence-electron chi connectivity index (χ2n) is 10.6. The molecule has 154 valence electrons. The van der Waals surface area contributed by atoms with Gasteiger partial charge in [0.2, 0.25) is 0 Å². The Kier molecular flexibility index (Phi) is 7.54. The van der Waals surface area contributed by atoms with Gasteiger partial charge in [-0.25, -0.2) is 0 Å². The molecule has 2 rings (SSSR count). The van der Waals surface area contributed by atoms with Crippen LogP contribution < -0.4 is 0 Å². The SMILES string of the molecule is CC(C)(C)CC(CC(C1=CC=C(CO)CC1)C(C)(C)C)C1=C=C=C(CO)C=C1. The molecular formula is C26H38O2. The molecule has 2 aliphatic carbocycles. The Hall–Kier alpha value is -1.56. The standard InChI is InChI=1S/C26H38O2/c1-25(2,3)16-23(21-11-7-19(17-27)8-12-21)15-24(26(4,5)6)22-13-9-20(18-28)10-14-22/h7,9,11,13,23-24,27-28H,10,14-18H2,1-6H3. The number of allylic oxidation sites excluding steroid dienone is 5. The Morgan fingerprint density at radius 1 is 0.929 bits per heavy atom. The van der Waals surface area contributed by atoms with Gasteiger partial charge in [0, 0.05) is 11.1 Å². The van der Waals surface area contributed by atoms with E-state index in [1.807, 2.05) is 6.08 Å². The fourth-order valence-electron chi connectivity index (χ4n) is 4.28. The smallest absolute Gasteiger partial charge is 0.0760 e. The van der Waals surface area contributed by atoms with Crippen molar-refractivity contribution in [3.63, 3.8) is 0 Å². The molecule has 2 nitrogen and oxygen atoms in total. The van der Waals surface area contributed by atoms with Crippen LogP contribution in [-0.2, 0) is 0 Å². The summed E-state index contributed by atoms with van der Waals surface area (Å²) in [6.45, 7) is 14.1. The molecule has 0 aliphatic heterocycles. The number of hydrogen-bond acceptors (Lipinski definition) is 2. The molecule has 0 aromatic heterocycles. The molecule has 0 amide bonds. The van der Waals surface area contributed by atoms with Crippen LogP contribution in [0.5, 0.6) is 0 Å². The summed E-state index contributed by atoms with van der Waals surface area (Å²) in [6.07, 6.45) is 12.6. The molecular weight excluding hydrogens is 344 g/mol.